The van der Waals surface area contributed by atoms with Gasteiger partial charge in [-0.05, 0) is 58.9 Å². The number of halogens is 2. The Labute approximate surface area is 202 Å². The molecule has 0 saturated heterocycles. The quantitative estimate of drug-likeness (QED) is 0.325. The van der Waals surface area contributed by atoms with E-state index in [-0.39, 0.29) is 25.3 Å². The minimum Gasteiger partial charge on any atom is -0.343 e. The number of hydrogen-bond donors (Lipinski definition) is 1. The number of carbonyl (C=O) groups excluding carboxylic acids is 1. The molecule has 1 fully saturated rings. The molecule has 174 valence electrons. The molecular formula is C27H25F2N3OS. The van der Waals surface area contributed by atoms with E-state index < -0.39 is 24.2 Å². The molecule has 2 unspecified atom stereocenters. The summed E-state index contributed by atoms with van der Waals surface area (Å²) >= 11 is 1.66. The predicted octanol–water partition coefficient (Wildman–Crippen LogP) is 6.20. The Morgan fingerprint density at radius 2 is 1.91 bits per heavy atom. The number of benzene rings is 2. The number of alkyl halides is 2. The van der Waals surface area contributed by atoms with Gasteiger partial charge in [-0.3, -0.25) is 9.78 Å². The Hall–Kier alpha value is -3.24. The van der Waals surface area contributed by atoms with E-state index in [0.717, 1.165) is 32.9 Å². The first-order chi connectivity index (χ1) is 16.5. The molecule has 1 aliphatic rings. The van der Waals surface area contributed by atoms with E-state index in [2.05, 4.69) is 10.3 Å². The van der Waals surface area contributed by atoms with Crippen molar-refractivity contribution in [3.63, 3.8) is 0 Å². The Morgan fingerprint density at radius 1 is 1.15 bits per heavy atom. The van der Waals surface area contributed by atoms with Crippen molar-refractivity contribution in [2.75, 3.05) is 6.54 Å². The van der Waals surface area contributed by atoms with Crippen LogP contribution < -0.4 is 5.32 Å². The van der Waals surface area contributed by atoms with Gasteiger partial charge in [0.25, 0.3) is 0 Å². The fourth-order valence-corrected chi connectivity index (χ4v) is 5.40. The summed E-state index contributed by atoms with van der Waals surface area (Å²) in [6.07, 6.45) is 2.94. The van der Waals surface area contributed by atoms with Crippen LogP contribution in [0.1, 0.15) is 36.3 Å². The van der Waals surface area contributed by atoms with Gasteiger partial charge in [0.05, 0.1) is 12.0 Å². The molecule has 1 heterocycles. The SMILES string of the molecule is N#CCNC(=O)C1CC(F)(F)CCC1c1cc(SCc2ccncc2)ccc1-c1ccccc1. The van der Waals surface area contributed by atoms with Gasteiger partial charge in [0.2, 0.25) is 11.8 Å². The monoisotopic (exact) mass is 477 g/mol. The van der Waals surface area contributed by atoms with E-state index in [0.29, 0.717) is 0 Å². The molecule has 0 aliphatic heterocycles. The third-order valence-corrected chi connectivity index (χ3v) is 7.23. The number of thioether (sulfide) groups is 1. The second kappa shape index (κ2) is 10.8. The molecule has 0 spiro atoms. The first-order valence-electron chi connectivity index (χ1n) is 11.2. The molecule has 2 aromatic carbocycles. The Bertz CT molecular complexity index is 1170. The molecular weight excluding hydrogens is 452 g/mol. The van der Waals surface area contributed by atoms with Gasteiger partial charge in [0.15, 0.2) is 0 Å². The van der Waals surface area contributed by atoms with Crippen LogP contribution >= 0.6 is 11.8 Å². The van der Waals surface area contributed by atoms with Crippen LogP contribution in [-0.2, 0) is 10.5 Å². The first-order valence-corrected chi connectivity index (χ1v) is 12.2. The molecule has 4 nitrogen and oxygen atoms in total. The molecule has 2 atom stereocenters. The lowest BCUT2D eigenvalue weighted by Gasteiger charge is -2.36. The summed E-state index contributed by atoms with van der Waals surface area (Å²) in [5.74, 6) is -3.90. The summed E-state index contributed by atoms with van der Waals surface area (Å²) in [5, 5.41) is 11.4. The standard InChI is InChI=1S/C27H25F2N3OS/c28-27(29)11-8-23(25(17-27)26(33)32-15-12-30)24-16-21(34-18-19-9-13-31-14-10-19)6-7-22(24)20-4-2-1-3-5-20/h1-7,9-10,13-14,16,23,25H,8,11,15,17-18H2,(H,32,33). The topological polar surface area (TPSA) is 65.8 Å². The van der Waals surface area contributed by atoms with Crippen molar-refractivity contribution in [2.45, 2.75) is 41.8 Å². The second-order valence-electron chi connectivity index (χ2n) is 8.45. The average molecular weight is 478 g/mol. The molecule has 3 aromatic rings. The lowest BCUT2D eigenvalue weighted by molar-refractivity contribution is -0.133. The van der Waals surface area contributed by atoms with Crippen LogP contribution in [0, 0.1) is 17.2 Å². The van der Waals surface area contributed by atoms with E-state index in [1.807, 2.05) is 66.7 Å². The smallest absolute Gasteiger partial charge is 0.249 e. The Morgan fingerprint density at radius 3 is 2.65 bits per heavy atom. The summed E-state index contributed by atoms with van der Waals surface area (Å²) in [6.45, 7) is -0.193. The highest BCUT2D eigenvalue weighted by Crippen LogP contribution is 2.48. The number of rotatable bonds is 7. The van der Waals surface area contributed by atoms with E-state index in [9.17, 15) is 13.6 Å². The van der Waals surface area contributed by atoms with Gasteiger partial charge >= 0.3 is 0 Å². The van der Waals surface area contributed by atoms with Crippen LogP contribution in [0.15, 0.2) is 78.0 Å². The zero-order valence-corrected chi connectivity index (χ0v) is 19.4. The van der Waals surface area contributed by atoms with Crippen molar-refractivity contribution in [1.29, 1.82) is 5.26 Å². The van der Waals surface area contributed by atoms with Gasteiger partial charge in [-0.2, -0.15) is 5.26 Å². The van der Waals surface area contributed by atoms with Gasteiger partial charge in [-0.15, -0.1) is 11.8 Å². The van der Waals surface area contributed by atoms with Crippen LogP contribution in [0.4, 0.5) is 8.78 Å². The predicted molar refractivity (Wildman–Crippen MR) is 129 cm³/mol. The largest absolute Gasteiger partial charge is 0.343 e. The van der Waals surface area contributed by atoms with Gasteiger partial charge in [-0.1, -0.05) is 36.4 Å². The molecule has 1 aliphatic carbocycles. The number of pyridine rings is 1. The lowest BCUT2D eigenvalue weighted by atomic mass is 9.72. The molecule has 1 N–H and O–H groups in total. The highest BCUT2D eigenvalue weighted by atomic mass is 32.2. The number of amides is 1. The molecule has 0 radical (unpaired) electrons. The Kier molecular flexibility index (Phi) is 7.59. The fraction of sp³-hybridized carbons (Fsp3) is 0.296. The second-order valence-corrected chi connectivity index (χ2v) is 9.50. The van der Waals surface area contributed by atoms with Crippen molar-refractivity contribution < 1.29 is 13.6 Å². The zero-order chi connectivity index (χ0) is 24.0. The number of nitrogens with zero attached hydrogens (tertiary/aromatic N) is 2. The van der Waals surface area contributed by atoms with Crippen molar-refractivity contribution in [2.24, 2.45) is 5.92 Å². The van der Waals surface area contributed by atoms with Crippen LogP contribution in [0.5, 0.6) is 0 Å². The van der Waals surface area contributed by atoms with Crippen molar-refractivity contribution in [1.82, 2.24) is 10.3 Å². The van der Waals surface area contributed by atoms with Gasteiger partial charge < -0.3 is 5.32 Å². The fourth-order valence-electron chi connectivity index (χ4n) is 4.50. The van der Waals surface area contributed by atoms with Gasteiger partial charge in [-0.25, -0.2) is 8.78 Å². The van der Waals surface area contributed by atoms with E-state index in [1.54, 1.807) is 24.2 Å². The summed E-state index contributed by atoms with van der Waals surface area (Å²) < 4.78 is 28.8. The van der Waals surface area contributed by atoms with Crippen LogP contribution in [0.25, 0.3) is 11.1 Å². The maximum absolute atomic E-state index is 14.4. The number of nitriles is 1. The minimum atomic E-state index is -2.90. The summed E-state index contributed by atoms with van der Waals surface area (Å²) in [4.78, 5) is 17.9. The van der Waals surface area contributed by atoms with Crippen LogP contribution in [0.3, 0.4) is 0 Å². The van der Waals surface area contributed by atoms with Crippen molar-refractivity contribution in [3.05, 3.63) is 84.2 Å². The summed E-state index contributed by atoms with van der Waals surface area (Å²) in [6, 6.07) is 21.7. The molecule has 7 heteroatoms. The third-order valence-electron chi connectivity index (χ3n) is 6.17. The summed E-state index contributed by atoms with van der Waals surface area (Å²) in [7, 11) is 0. The van der Waals surface area contributed by atoms with Crippen molar-refractivity contribution >= 4 is 17.7 Å². The lowest BCUT2D eigenvalue weighted by Crippen LogP contribution is -2.41. The number of carbonyl (C=O) groups is 1. The summed E-state index contributed by atoms with van der Waals surface area (Å²) in [5.41, 5.74) is 3.97. The van der Waals surface area contributed by atoms with Crippen molar-refractivity contribution in [3.8, 4) is 17.2 Å². The number of hydrogen-bond acceptors (Lipinski definition) is 4. The van der Waals surface area contributed by atoms with E-state index in [4.69, 9.17) is 5.26 Å². The first kappa shape index (κ1) is 23.9. The minimum absolute atomic E-state index is 0.193. The maximum atomic E-state index is 14.4. The third kappa shape index (κ3) is 5.81. The zero-order valence-electron chi connectivity index (χ0n) is 18.6. The normalized spacial score (nSPS) is 19.2. The molecule has 0 bridgehead atoms. The molecule has 1 saturated carbocycles. The average Bonchev–Trinajstić information content (AvgIpc) is 2.86. The van der Waals surface area contributed by atoms with E-state index in [1.165, 1.54) is 0 Å². The highest BCUT2D eigenvalue weighted by molar-refractivity contribution is 7.98. The molecule has 34 heavy (non-hydrogen) atoms. The van der Waals surface area contributed by atoms with Crippen LogP contribution in [-0.4, -0.2) is 23.4 Å². The van der Waals surface area contributed by atoms with Gasteiger partial charge in [0.1, 0.15) is 6.54 Å². The van der Waals surface area contributed by atoms with Crippen LogP contribution in [0.2, 0.25) is 0 Å². The number of aromatic nitrogens is 1. The Balaban J connectivity index is 1.71. The van der Waals surface area contributed by atoms with E-state index >= 15 is 0 Å². The number of nitrogens with one attached hydrogen (secondary N) is 1. The highest BCUT2D eigenvalue weighted by Gasteiger charge is 2.45. The molecule has 1 aromatic heterocycles. The molecule has 1 amide bonds. The molecule has 4 rings (SSSR count). The maximum Gasteiger partial charge on any atom is 0.249 e. The van der Waals surface area contributed by atoms with Gasteiger partial charge in [0, 0.05) is 35.9 Å².